The summed E-state index contributed by atoms with van der Waals surface area (Å²) in [7, 11) is 1.51. The van der Waals surface area contributed by atoms with Gasteiger partial charge >= 0.3 is 5.97 Å². The number of carbonyl (C=O) groups is 2. The number of hydrogen-bond acceptors (Lipinski definition) is 4. The second kappa shape index (κ2) is 7.81. The minimum Gasteiger partial charge on any atom is -0.478 e. The third-order valence-corrected chi connectivity index (χ3v) is 2.43. The second-order valence-electron chi connectivity index (χ2n) is 3.56. The fraction of sp³-hybridized carbons (Fsp3) is 0.636. The van der Waals surface area contributed by atoms with E-state index in [9.17, 15) is 9.59 Å². The molecule has 0 aliphatic rings. The lowest BCUT2D eigenvalue weighted by Crippen LogP contribution is -2.37. The summed E-state index contributed by atoms with van der Waals surface area (Å²) in [4.78, 5) is 24.0. The molecule has 0 aliphatic carbocycles. The molecule has 1 amide bonds. The average Bonchev–Trinajstić information content (AvgIpc) is 2.31. The Morgan fingerprint density at radius 2 is 1.76 bits per heavy atom. The first-order valence-electron chi connectivity index (χ1n) is 5.25. The molecular weight excluding hydrogens is 226 g/mol. The highest BCUT2D eigenvalue weighted by Crippen LogP contribution is 2.08. The lowest BCUT2D eigenvalue weighted by atomic mass is 10.1. The molecule has 0 rings (SSSR count). The minimum atomic E-state index is -1.12. The van der Waals surface area contributed by atoms with Crippen LogP contribution in [0.15, 0.2) is 11.1 Å². The predicted octanol–water partition coefficient (Wildman–Crippen LogP) is -0.125. The summed E-state index contributed by atoms with van der Waals surface area (Å²) in [5, 5.41) is 17.6. The van der Waals surface area contributed by atoms with Gasteiger partial charge in [0, 0.05) is 31.3 Å². The summed E-state index contributed by atoms with van der Waals surface area (Å²) in [6, 6.07) is 0. The molecule has 0 fully saturated rings. The van der Waals surface area contributed by atoms with Crippen LogP contribution >= 0.6 is 0 Å². The van der Waals surface area contributed by atoms with Crippen molar-refractivity contribution in [3.8, 4) is 0 Å². The Labute approximate surface area is 100 Å². The molecule has 0 saturated carbocycles. The van der Waals surface area contributed by atoms with Gasteiger partial charge < -0.3 is 19.8 Å². The van der Waals surface area contributed by atoms with Crippen LogP contribution in [0.4, 0.5) is 0 Å². The van der Waals surface area contributed by atoms with Crippen LogP contribution in [-0.2, 0) is 14.3 Å². The molecule has 0 saturated heterocycles. The largest absolute Gasteiger partial charge is 0.478 e. The van der Waals surface area contributed by atoms with E-state index in [0.29, 0.717) is 13.2 Å². The number of rotatable bonds is 7. The Bertz CT molecular complexity index is 311. The maximum absolute atomic E-state index is 11.9. The Morgan fingerprint density at radius 3 is 2.18 bits per heavy atom. The molecule has 0 aromatic heterocycles. The van der Waals surface area contributed by atoms with E-state index in [1.54, 1.807) is 0 Å². The fourth-order valence-corrected chi connectivity index (χ4v) is 1.20. The van der Waals surface area contributed by atoms with Gasteiger partial charge in [-0.3, -0.25) is 4.79 Å². The van der Waals surface area contributed by atoms with Crippen molar-refractivity contribution in [3.63, 3.8) is 0 Å². The number of nitrogens with zero attached hydrogens (tertiary/aromatic N) is 1. The molecule has 0 bridgehead atoms. The molecule has 6 heteroatoms. The van der Waals surface area contributed by atoms with Crippen LogP contribution < -0.4 is 0 Å². The Morgan fingerprint density at radius 1 is 1.18 bits per heavy atom. The van der Waals surface area contributed by atoms with Gasteiger partial charge in [0.1, 0.15) is 0 Å². The van der Waals surface area contributed by atoms with Gasteiger partial charge in [-0.1, -0.05) is 0 Å². The lowest BCUT2D eigenvalue weighted by molar-refractivity contribution is -0.134. The molecule has 0 unspecified atom stereocenters. The number of carbonyl (C=O) groups excluding carboxylic acids is 1. The van der Waals surface area contributed by atoms with Crippen molar-refractivity contribution in [2.75, 3.05) is 33.4 Å². The lowest BCUT2D eigenvalue weighted by Gasteiger charge is -2.22. The van der Waals surface area contributed by atoms with Crippen molar-refractivity contribution in [2.24, 2.45) is 0 Å². The van der Waals surface area contributed by atoms with E-state index in [4.69, 9.17) is 14.9 Å². The van der Waals surface area contributed by atoms with E-state index in [-0.39, 0.29) is 24.3 Å². The maximum Gasteiger partial charge on any atom is 0.331 e. The molecule has 0 aromatic rings. The van der Waals surface area contributed by atoms with Crippen molar-refractivity contribution < 1.29 is 24.5 Å². The molecule has 0 atom stereocenters. The van der Waals surface area contributed by atoms with E-state index in [2.05, 4.69) is 0 Å². The Kier molecular flexibility index (Phi) is 7.16. The van der Waals surface area contributed by atoms with Gasteiger partial charge in [0.2, 0.25) is 5.91 Å². The van der Waals surface area contributed by atoms with Gasteiger partial charge in [0.05, 0.1) is 13.2 Å². The normalized spacial score (nSPS) is 12.0. The highest BCUT2D eigenvalue weighted by Gasteiger charge is 2.18. The maximum atomic E-state index is 11.9. The van der Waals surface area contributed by atoms with Crippen LogP contribution in [0.2, 0.25) is 0 Å². The van der Waals surface area contributed by atoms with Gasteiger partial charge in [-0.2, -0.15) is 0 Å². The molecule has 0 aliphatic heterocycles. The first-order chi connectivity index (χ1) is 7.95. The van der Waals surface area contributed by atoms with Gasteiger partial charge in [0.25, 0.3) is 0 Å². The van der Waals surface area contributed by atoms with Crippen molar-refractivity contribution in [3.05, 3.63) is 11.1 Å². The summed E-state index contributed by atoms with van der Waals surface area (Å²) in [6.07, 6.45) is 0. The van der Waals surface area contributed by atoms with Crippen molar-refractivity contribution >= 4 is 11.9 Å². The van der Waals surface area contributed by atoms with E-state index in [1.165, 1.54) is 25.9 Å². The molecule has 0 aromatic carbocycles. The smallest absolute Gasteiger partial charge is 0.331 e. The molecule has 2 N–H and O–H groups in total. The summed E-state index contributed by atoms with van der Waals surface area (Å²) in [5.74, 6) is -1.51. The topological polar surface area (TPSA) is 87.1 Å². The molecule has 0 radical (unpaired) electrons. The van der Waals surface area contributed by atoms with E-state index < -0.39 is 11.9 Å². The number of methoxy groups -OCH3 is 1. The predicted molar refractivity (Wildman–Crippen MR) is 61.6 cm³/mol. The number of aliphatic hydroxyl groups excluding tert-OH is 1. The number of hydrogen-bond donors (Lipinski definition) is 2. The van der Waals surface area contributed by atoms with Crippen LogP contribution in [0.3, 0.4) is 0 Å². The summed E-state index contributed by atoms with van der Waals surface area (Å²) in [6.45, 7) is 3.48. The highest BCUT2D eigenvalue weighted by molar-refractivity contribution is 6.01. The van der Waals surface area contributed by atoms with Crippen molar-refractivity contribution in [1.82, 2.24) is 4.90 Å². The standard InChI is InChI=1S/C11H19NO5/c1-8(9(2)11(15)16)10(14)12(4-6-13)5-7-17-3/h13H,4-7H2,1-3H3,(H,15,16). The Balaban J connectivity index is 4.82. The van der Waals surface area contributed by atoms with Crippen LogP contribution in [0, 0.1) is 0 Å². The van der Waals surface area contributed by atoms with E-state index in [1.807, 2.05) is 0 Å². The molecule has 0 spiro atoms. The average molecular weight is 245 g/mol. The number of aliphatic carboxylic acids is 1. The zero-order chi connectivity index (χ0) is 13.4. The van der Waals surface area contributed by atoms with Gasteiger partial charge in [-0.15, -0.1) is 0 Å². The van der Waals surface area contributed by atoms with E-state index >= 15 is 0 Å². The van der Waals surface area contributed by atoms with Gasteiger partial charge in [-0.05, 0) is 13.8 Å². The van der Waals surface area contributed by atoms with Crippen LogP contribution in [0.5, 0.6) is 0 Å². The fourth-order valence-electron chi connectivity index (χ4n) is 1.20. The monoisotopic (exact) mass is 245 g/mol. The first kappa shape index (κ1) is 15.6. The highest BCUT2D eigenvalue weighted by atomic mass is 16.5. The third kappa shape index (κ3) is 4.97. The van der Waals surface area contributed by atoms with Gasteiger partial charge in [-0.25, -0.2) is 4.79 Å². The van der Waals surface area contributed by atoms with E-state index in [0.717, 1.165) is 0 Å². The zero-order valence-electron chi connectivity index (χ0n) is 10.4. The third-order valence-electron chi connectivity index (χ3n) is 2.43. The van der Waals surface area contributed by atoms with Gasteiger partial charge in [0.15, 0.2) is 0 Å². The molecular formula is C11H19NO5. The minimum absolute atomic E-state index is 0.00959. The molecule has 6 nitrogen and oxygen atoms in total. The summed E-state index contributed by atoms with van der Waals surface area (Å²) >= 11 is 0. The van der Waals surface area contributed by atoms with Crippen molar-refractivity contribution in [1.29, 1.82) is 0 Å². The summed E-state index contributed by atoms with van der Waals surface area (Å²) < 4.78 is 4.85. The Hall–Kier alpha value is -1.40. The van der Waals surface area contributed by atoms with Crippen molar-refractivity contribution in [2.45, 2.75) is 13.8 Å². The second-order valence-corrected chi connectivity index (χ2v) is 3.56. The van der Waals surface area contributed by atoms with Crippen LogP contribution in [0.25, 0.3) is 0 Å². The van der Waals surface area contributed by atoms with Crippen LogP contribution in [0.1, 0.15) is 13.8 Å². The number of ether oxygens (including phenoxy) is 1. The molecule has 0 heterocycles. The molecule has 17 heavy (non-hydrogen) atoms. The number of amides is 1. The SMILES string of the molecule is COCCN(CCO)C(=O)C(C)=C(C)C(=O)O. The molecule has 98 valence electrons. The van der Waals surface area contributed by atoms with Crippen LogP contribution in [-0.4, -0.2) is 60.4 Å². The number of carboxylic acid groups (broad SMARTS) is 1. The quantitative estimate of drug-likeness (QED) is 0.610. The zero-order valence-corrected chi connectivity index (χ0v) is 10.4. The first-order valence-corrected chi connectivity index (χ1v) is 5.25. The summed E-state index contributed by atoms with van der Waals surface area (Å²) in [5.41, 5.74) is 0.178. The number of aliphatic hydroxyl groups is 1. The number of carboxylic acids is 1.